The summed E-state index contributed by atoms with van der Waals surface area (Å²) in [6.07, 6.45) is 1.06. The number of amides is 4. The third-order valence-corrected chi connectivity index (χ3v) is 5.67. The number of nitrogens with zero attached hydrogens (tertiary/aromatic N) is 1. The highest BCUT2D eigenvalue weighted by Crippen LogP contribution is 2.45. The lowest BCUT2D eigenvalue weighted by Crippen LogP contribution is -2.52. The molecular weight excluding hydrogens is 376 g/mol. The molecule has 0 spiro atoms. The molecule has 3 heterocycles. The lowest BCUT2D eigenvalue weighted by molar-refractivity contribution is -0.137. The summed E-state index contributed by atoms with van der Waals surface area (Å²) >= 11 is 0. The molecule has 2 unspecified atom stereocenters. The summed E-state index contributed by atoms with van der Waals surface area (Å²) in [6, 6.07) is 2.53. The average Bonchev–Trinajstić information content (AvgIpc) is 2.98. The van der Waals surface area contributed by atoms with Gasteiger partial charge in [-0.3, -0.25) is 24.5 Å². The molecule has 1 saturated heterocycles. The Bertz CT molecular complexity index is 926. The van der Waals surface area contributed by atoms with Crippen molar-refractivity contribution in [2.75, 3.05) is 6.54 Å². The van der Waals surface area contributed by atoms with Crippen LogP contribution in [0.1, 0.15) is 60.6 Å². The van der Waals surface area contributed by atoms with Gasteiger partial charge in [-0.15, -0.1) is 0 Å². The highest BCUT2D eigenvalue weighted by atomic mass is 16.5. The maximum Gasteiger partial charge on any atom is 0.255 e. The van der Waals surface area contributed by atoms with Crippen molar-refractivity contribution in [1.82, 2.24) is 15.5 Å². The summed E-state index contributed by atoms with van der Waals surface area (Å²) in [5, 5.41) is 5.23. The van der Waals surface area contributed by atoms with Crippen LogP contribution in [0.25, 0.3) is 0 Å². The van der Waals surface area contributed by atoms with Gasteiger partial charge in [-0.2, -0.15) is 0 Å². The molecule has 0 bridgehead atoms. The molecule has 0 aliphatic carbocycles. The summed E-state index contributed by atoms with van der Waals surface area (Å²) in [6.45, 7) is 3.95. The van der Waals surface area contributed by atoms with Crippen LogP contribution in [0, 0.1) is 0 Å². The van der Waals surface area contributed by atoms with Crippen molar-refractivity contribution in [1.29, 1.82) is 0 Å². The van der Waals surface area contributed by atoms with Crippen LogP contribution in [0.4, 0.5) is 0 Å². The number of fused-ring (bicyclic) bond motifs is 3. The number of carbonyl (C=O) groups excluding carboxylic acids is 4. The van der Waals surface area contributed by atoms with E-state index in [2.05, 4.69) is 10.6 Å². The van der Waals surface area contributed by atoms with Gasteiger partial charge >= 0.3 is 0 Å². The van der Waals surface area contributed by atoms with Crippen LogP contribution in [0.5, 0.6) is 5.75 Å². The van der Waals surface area contributed by atoms with Gasteiger partial charge in [0.05, 0.1) is 19.1 Å². The Balaban J connectivity index is 1.69. The number of piperidine rings is 1. The van der Waals surface area contributed by atoms with E-state index in [1.54, 1.807) is 12.1 Å². The van der Waals surface area contributed by atoms with E-state index in [1.807, 2.05) is 13.8 Å². The molecule has 3 aliphatic heterocycles. The van der Waals surface area contributed by atoms with Crippen LogP contribution >= 0.6 is 0 Å². The average molecular weight is 400 g/mol. The minimum atomic E-state index is -0.687. The van der Waals surface area contributed by atoms with Crippen molar-refractivity contribution >= 4 is 23.6 Å². The first-order valence-electron chi connectivity index (χ1n) is 9.69. The van der Waals surface area contributed by atoms with Crippen LogP contribution in [0.2, 0.25) is 0 Å². The van der Waals surface area contributed by atoms with Gasteiger partial charge in [0.25, 0.3) is 5.91 Å². The summed E-state index contributed by atoms with van der Waals surface area (Å²) in [4.78, 5) is 50.1. The Hall–Kier alpha value is -2.94. The Morgan fingerprint density at radius 1 is 1.34 bits per heavy atom. The number of nitrogens with one attached hydrogen (secondary N) is 2. The van der Waals surface area contributed by atoms with Crippen molar-refractivity contribution < 1.29 is 23.9 Å². The zero-order valence-electron chi connectivity index (χ0n) is 16.4. The summed E-state index contributed by atoms with van der Waals surface area (Å²) < 4.78 is 6.22. The molecule has 1 fully saturated rings. The van der Waals surface area contributed by atoms with Gasteiger partial charge in [0, 0.05) is 29.5 Å². The molecule has 154 valence electrons. The SMILES string of the molecule is CC1(C)CC(NC(=O)CN)c2ccc3c(c2O1)CN(C1CCC(=O)NC1=O)C3=O. The first-order valence-corrected chi connectivity index (χ1v) is 9.69. The maximum atomic E-state index is 13.0. The molecule has 9 nitrogen and oxygen atoms in total. The number of carbonyl (C=O) groups is 4. The number of hydrogen-bond donors (Lipinski definition) is 3. The van der Waals surface area contributed by atoms with Crippen LogP contribution in [-0.4, -0.2) is 46.7 Å². The molecular formula is C20H24N4O5. The summed E-state index contributed by atoms with van der Waals surface area (Å²) in [7, 11) is 0. The van der Waals surface area contributed by atoms with Crippen LogP contribution in [0.15, 0.2) is 12.1 Å². The molecule has 0 radical (unpaired) electrons. The minimum absolute atomic E-state index is 0.111. The van der Waals surface area contributed by atoms with E-state index in [0.717, 1.165) is 5.56 Å². The van der Waals surface area contributed by atoms with E-state index in [4.69, 9.17) is 10.5 Å². The van der Waals surface area contributed by atoms with Gasteiger partial charge in [-0.05, 0) is 26.3 Å². The van der Waals surface area contributed by atoms with Crippen molar-refractivity contribution in [3.8, 4) is 5.75 Å². The van der Waals surface area contributed by atoms with Crippen LogP contribution in [-0.2, 0) is 20.9 Å². The highest BCUT2D eigenvalue weighted by molar-refractivity contribution is 6.05. The van der Waals surface area contributed by atoms with Gasteiger partial charge in [0.15, 0.2) is 0 Å². The van der Waals surface area contributed by atoms with Crippen molar-refractivity contribution in [3.05, 3.63) is 28.8 Å². The van der Waals surface area contributed by atoms with E-state index in [9.17, 15) is 19.2 Å². The maximum absolute atomic E-state index is 13.0. The molecule has 3 aliphatic rings. The smallest absolute Gasteiger partial charge is 0.255 e. The third-order valence-electron chi connectivity index (χ3n) is 5.67. The second-order valence-electron chi connectivity index (χ2n) is 8.30. The topological polar surface area (TPSA) is 131 Å². The third kappa shape index (κ3) is 3.35. The molecule has 1 aromatic carbocycles. The standard InChI is InChI=1S/C20H24N4O5/c1-20(2)7-13(22-16(26)8-21)11-4-3-10-12(17(11)29-20)9-24(19(10)28)14-5-6-15(25)23-18(14)27/h3-4,13-14H,5-9,21H2,1-2H3,(H,22,26)(H,23,25,27). The predicted molar refractivity (Wildman–Crippen MR) is 102 cm³/mol. The monoisotopic (exact) mass is 400 g/mol. The van der Waals surface area contributed by atoms with Crippen molar-refractivity contribution in [2.24, 2.45) is 5.73 Å². The minimum Gasteiger partial charge on any atom is -0.487 e. The first kappa shape index (κ1) is 19.4. The highest BCUT2D eigenvalue weighted by Gasteiger charge is 2.43. The molecule has 4 amide bonds. The van der Waals surface area contributed by atoms with Crippen molar-refractivity contribution in [3.63, 3.8) is 0 Å². The van der Waals surface area contributed by atoms with Crippen molar-refractivity contribution in [2.45, 2.75) is 57.3 Å². The van der Waals surface area contributed by atoms with E-state index >= 15 is 0 Å². The Morgan fingerprint density at radius 3 is 2.79 bits per heavy atom. The van der Waals surface area contributed by atoms with E-state index < -0.39 is 17.6 Å². The Labute approximate surface area is 167 Å². The number of ether oxygens (including phenoxy) is 1. The number of hydrogen-bond acceptors (Lipinski definition) is 6. The fraction of sp³-hybridized carbons (Fsp3) is 0.500. The van der Waals surface area contributed by atoms with Gasteiger partial charge < -0.3 is 20.7 Å². The molecule has 0 saturated carbocycles. The normalized spacial score (nSPS) is 25.1. The molecule has 4 rings (SSSR count). The number of benzene rings is 1. The van der Waals surface area contributed by atoms with E-state index in [-0.39, 0.29) is 43.3 Å². The number of rotatable bonds is 3. The van der Waals surface area contributed by atoms with E-state index in [1.165, 1.54) is 4.90 Å². The second-order valence-corrected chi connectivity index (χ2v) is 8.30. The quantitative estimate of drug-likeness (QED) is 0.618. The largest absolute Gasteiger partial charge is 0.487 e. The Kier molecular flexibility index (Phi) is 4.57. The van der Waals surface area contributed by atoms with Gasteiger partial charge in [-0.1, -0.05) is 6.07 Å². The molecule has 2 atom stereocenters. The van der Waals surface area contributed by atoms with E-state index in [0.29, 0.717) is 29.7 Å². The molecule has 9 heteroatoms. The number of nitrogens with two attached hydrogens (primary N) is 1. The van der Waals surface area contributed by atoms with Gasteiger partial charge in [0.2, 0.25) is 17.7 Å². The molecule has 29 heavy (non-hydrogen) atoms. The zero-order chi connectivity index (χ0) is 20.9. The fourth-order valence-electron chi connectivity index (χ4n) is 4.33. The molecule has 4 N–H and O–H groups in total. The molecule has 0 aromatic heterocycles. The Morgan fingerprint density at radius 2 is 2.10 bits per heavy atom. The van der Waals surface area contributed by atoms with Crippen LogP contribution < -0.4 is 21.1 Å². The first-order chi connectivity index (χ1) is 13.7. The summed E-state index contributed by atoms with van der Waals surface area (Å²) in [5.74, 6) is -0.724. The fourth-order valence-corrected chi connectivity index (χ4v) is 4.33. The summed E-state index contributed by atoms with van der Waals surface area (Å²) in [5.41, 5.74) is 6.88. The zero-order valence-corrected chi connectivity index (χ0v) is 16.4. The van der Waals surface area contributed by atoms with Crippen LogP contribution in [0.3, 0.4) is 0 Å². The predicted octanol–water partition coefficient (Wildman–Crippen LogP) is 0.125. The lowest BCUT2D eigenvalue weighted by Gasteiger charge is -2.39. The molecule has 1 aromatic rings. The lowest BCUT2D eigenvalue weighted by atomic mass is 9.87. The second kappa shape index (κ2) is 6.84. The van der Waals surface area contributed by atoms with Gasteiger partial charge in [0.1, 0.15) is 17.4 Å². The van der Waals surface area contributed by atoms with Gasteiger partial charge in [-0.25, -0.2) is 0 Å². The number of imide groups is 1.